The number of primary amides is 1. The normalized spacial score (nSPS) is 26.8. The van der Waals surface area contributed by atoms with Gasteiger partial charge in [0.05, 0.1) is 0 Å². The van der Waals surface area contributed by atoms with Crippen LogP contribution in [0.5, 0.6) is 0 Å². The van der Waals surface area contributed by atoms with Gasteiger partial charge in [0.25, 0.3) is 11.7 Å². The molecule has 1 aliphatic rings. The van der Waals surface area contributed by atoms with Crippen molar-refractivity contribution in [2.75, 3.05) is 0 Å². The summed E-state index contributed by atoms with van der Waals surface area (Å²) in [6.07, 6.45) is 1.35. The van der Waals surface area contributed by atoms with Crippen LogP contribution < -0.4 is 22.5 Å². The molecule has 0 aromatic carbocycles. The molecule has 1 amide bonds. The van der Waals surface area contributed by atoms with Crippen molar-refractivity contribution in [2.45, 2.75) is 5.79 Å². The Balaban J connectivity index is 3.10. The van der Waals surface area contributed by atoms with Gasteiger partial charge in [0, 0.05) is 0 Å². The van der Waals surface area contributed by atoms with E-state index in [9.17, 15) is 4.79 Å². The number of aliphatic imine (C=N–C) groups is 2. The number of nitrogens with one attached hydrogen (secondary N) is 1. The van der Waals surface area contributed by atoms with Crippen molar-refractivity contribution in [3.05, 3.63) is 12.7 Å². The first-order valence-electron chi connectivity index (χ1n) is 3.41. The minimum atomic E-state index is -1.82. The third kappa shape index (κ3) is 1.64. The maximum absolute atomic E-state index is 10.8. The van der Waals surface area contributed by atoms with Gasteiger partial charge in [-0.3, -0.25) is 10.5 Å². The summed E-state index contributed by atoms with van der Waals surface area (Å²) < 4.78 is 0. The van der Waals surface area contributed by atoms with Crippen molar-refractivity contribution in [3.8, 4) is 0 Å². The van der Waals surface area contributed by atoms with Gasteiger partial charge in [-0.25, -0.2) is 4.99 Å². The van der Waals surface area contributed by atoms with Gasteiger partial charge in [-0.05, 0) is 6.08 Å². The van der Waals surface area contributed by atoms with Gasteiger partial charge in [0.15, 0.2) is 5.96 Å². The van der Waals surface area contributed by atoms with Gasteiger partial charge >= 0.3 is 0 Å². The van der Waals surface area contributed by atoms with Gasteiger partial charge in [0.1, 0.15) is 5.84 Å². The molecule has 1 rings (SSSR count). The molecule has 0 aromatic heterocycles. The molecule has 1 unspecified atom stereocenters. The summed E-state index contributed by atoms with van der Waals surface area (Å²) >= 11 is 0. The second kappa shape index (κ2) is 2.87. The van der Waals surface area contributed by atoms with Crippen LogP contribution in [0.4, 0.5) is 0 Å². The first kappa shape index (κ1) is 9.20. The molecule has 7 nitrogen and oxygen atoms in total. The molecule has 0 aliphatic carbocycles. The van der Waals surface area contributed by atoms with E-state index in [0.717, 1.165) is 0 Å². The van der Waals surface area contributed by atoms with Crippen LogP contribution in [0, 0.1) is 0 Å². The first-order valence-corrected chi connectivity index (χ1v) is 3.41. The zero-order chi connectivity index (χ0) is 10.1. The topological polar surface area (TPSA) is 132 Å². The van der Waals surface area contributed by atoms with Crippen LogP contribution in [0.1, 0.15) is 0 Å². The van der Waals surface area contributed by atoms with Crippen molar-refractivity contribution in [2.24, 2.45) is 27.2 Å². The van der Waals surface area contributed by atoms with E-state index >= 15 is 0 Å². The summed E-state index contributed by atoms with van der Waals surface area (Å²) in [6.45, 7) is 3.43. The number of rotatable bonds is 2. The average Bonchev–Trinajstić information content (AvgIpc) is 2.02. The molecule has 0 saturated carbocycles. The van der Waals surface area contributed by atoms with Crippen molar-refractivity contribution >= 4 is 17.7 Å². The van der Waals surface area contributed by atoms with E-state index in [1.54, 1.807) is 0 Å². The van der Waals surface area contributed by atoms with Gasteiger partial charge in [-0.2, -0.15) is 4.99 Å². The Kier molecular flexibility index (Phi) is 2.03. The smallest absolute Gasteiger partial charge is 0.288 e. The quantitative estimate of drug-likeness (QED) is 0.378. The molecule has 1 heterocycles. The summed E-state index contributed by atoms with van der Waals surface area (Å²) in [5.74, 6) is -2.46. The maximum Gasteiger partial charge on any atom is 0.288 e. The predicted octanol–water partition coefficient (Wildman–Crippen LogP) is -2.41. The van der Waals surface area contributed by atoms with Crippen molar-refractivity contribution < 1.29 is 4.79 Å². The molecule has 1 aliphatic heterocycles. The molecule has 7 N–H and O–H groups in total. The molecule has 7 heteroatoms. The molecule has 13 heavy (non-hydrogen) atoms. The van der Waals surface area contributed by atoms with Crippen LogP contribution in [0.2, 0.25) is 0 Å². The molecule has 70 valence electrons. The van der Waals surface area contributed by atoms with E-state index in [1.165, 1.54) is 6.08 Å². The van der Waals surface area contributed by atoms with E-state index in [2.05, 4.69) is 21.9 Å². The molecule has 0 radical (unpaired) electrons. The number of amidine groups is 1. The number of guanidine groups is 1. The highest BCUT2D eigenvalue weighted by atomic mass is 16.2. The highest BCUT2D eigenvalue weighted by molar-refractivity contribution is 6.08. The maximum atomic E-state index is 10.8. The minimum absolute atomic E-state index is 0.0220. The third-order valence-corrected chi connectivity index (χ3v) is 1.39. The van der Waals surface area contributed by atoms with Crippen LogP contribution in [-0.2, 0) is 4.79 Å². The van der Waals surface area contributed by atoms with Crippen LogP contribution in [0.15, 0.2) is 22.6 Å². The number of nitrogens with zero attached hydrogens (tertiary/aromatic N) is 2. The fourth-order valence-corrected chi connectivity index (χ4v) is 0.786. The molecule has 0 saturated heterocycles. The Morgan fingerprint density at radius 2 is 2.23 bits per heavy atom. The minimum Gasteiger partial charge on any atom is -0.370 e. The fraction of sp³-hybridized carbons (Fsp3) is 0.167. The van der Waals surface area contributed by atoms with E-state index in [4.69, 9.17) is 17.2 Å². The summed E-state index contributed by atoms with van der Waals surface area (Å²) in [5, 5.41) is 2.55. The van der Waals surface area contributed by atoms with Gasteiger partial charge in [-0.1, -0.05) is 6.58 Å². The number of carbonyl (C=O) groups excluding carboxylic acids is 1. The Hall–Kier alpha value is -1.89. The molecule has 0 spiro atoms. The molecular formula is C6H10N6O. The Morgan fingerprint density at radius 1 is 1.62 bits per heavy atom. The predicted molar refractivity (Wildman–Crippen MR) is 48.5 cm³/mol. The molecule has 0 aromatic rings. The van der Waals surface area contributed by atoms with Crippen molar-refractivity contribution in [1.29, 1.82) is 0 Å². The van der Waals surface area contributed by atoms with Crippen LogP contribution >= 0.6 is 0 Å². The highest BCUT2D eigenvalue weighted by Crippen LogP contribution is 2.07. The summed E-state index contributed by atoms with van der Waals surface area (Å²) in [5.41, 5.74) is 15.8. The van der Waals surface area contributed by atoms with E-state index in [0.29, 0.717) is 0 Å². The van der Waals surface area contributed by atoms with Crippen LogP contribution in [-0.4, -0.2) is 23.5 Å². The SMILES string of the molecule is C=CC1=NC(N)(C(N)=O)N=C(N)N1. The second-order valence-electron chi connectivity index (χ2n) is 2.41. The van der Waals surface area contributed by atoms with E-state index in [-0.39, 0.29) is 11.8 Å². The van der Waals surface area contributed by atoms with Crippen molar-refractivity contribution in [3.63, 3.8) is 0 Å². The Morgan fingerprint density at radius 3 is 2.69 bits per heavy atom. The standard InChI is InChI=1S/C6H10N6O/c1-2-3-10-5(8)12-6(9,11-3)4(7)13/h2H,1,9H2,(H2,7,13)(H3,8,10,11,12). The Labute approximate surface area is 74.4 Å². The monoisotopic (exact) mass is 182 g/mol. The lowest BCUT2D eigenvalue weighted by molar-refractivity contribution is -0.122. The van der Waals surface area contributed by atoms with Crippen LogP contribution in [0.3, 0.4) is 0 Å². The largest absolute Gasteiger partial charge is 0.370 e. The van der Waals surface area contributed by atoms with Gasteiger partial charge < -0.3 is 16.8 Å². The lowest BCUT2D eigenvalue weighted by Gasteiger charge is -2.22. The van der Waals surface area contributed by atoms with Gasteiger partial charge in [-0.15, -0.1) is 0 Å². The second-order valence-corrected chi connectivity index (χ2v) is 2.41. The number of hydrogen-bond acceptors (Lipinski definition) is 6. The molecule has 1 atom stereocenters. The van der Waals surface area contributed by atoms with Crippen LogP contribution in [0.25, 0.3) is 0 Å². The lowest BCUT2D eigenvalue weighted by atomic mass is 10.3. The first-order chi connectivity index (χ1) is 5.98. The average molecular weight is 182 g/mol. The Bertz CT molecular complexity index is 319. The highest BCUT2D eigenvalue weighted by Gasteiger charge is 2.34. The number of hydrogen-bond donors (Lipinski definition) is 4. The summed E-state index contributed by atoms with van der Waals surface area (Å²) in [4.78, 5) is 18.1. The zero-order valence-electron chi connectivity index (χ0n) is 6.82. The third-order valence-electron chi connectivity index (χ3n) is 1.39. The number of nitrogens with two attached hydrogens (primary N) is 3. The molecule has 0 fully saturated rings. The van der Waals surface area contributed by atoms with E-state index < -0.39 is 11.7 Å². The molecule has 0 bridgehead atoms. The van der Waals surface area contributed by atoms with E-state index in [1.807, 2.05) is 0 Å². The fourth-order valence-electron chi connectivity index (χ4n) is 0.786. The number of carbonyl (C=O) groups is 1. The summed E-state index contributed by atoms with van der Waals surface area (Å²) in [6, 6.07) is 0. The lowest BCUT2D eigenvalue weighted by Crippen LogP contribution is -2.56. The summed E-state index contributed by atoms with van der Waals surface area (Å²) in [7, 11) is 0. The zero-order valence-corrected chi connectivity index (χ0v) is 6.82. The number of amides is 1. The van der Waals surface area contributed by atoms with Crippen molar-refractivity contribution in [1.82, 2.24) is 5.32 Å². The van der Waals surface area contributed by atoms with Gasteiger partial charge in [0.2, 0.25) is 0 Å². The molecular weight excluding hydrogens is 172 g/mol.